The molecule has 0 radical (unpaired) electrons. The van der Waals surface area contributed by atoms with E-state index in [4.69, 9.17) is 4.74 Å². The average Bonchev–Trinajstić information content (AvgIpc) is 2.85. The number of hydrogen-bond acceptors (Lipinski definition) is 6. The van der Waals surface area contributed by atoms with Crippen LogP contribution in [0.3, 0.4) is 0 Å². The Hall–Kier alpha value is -1.77. The van der Waals surface area contributed by atoms with E-state index in [9.17, 15) is 9.59 Å². The molecule has 34 heavy (non-hydrogen) atoms. The normalized spacial score (nSPS) is 20.1. The minimum Gasteiger partial charge on any atom is -0.462 e. The van der Waals surface area contributed by atoms with E-state index in [2.05, 4.69) is 20.1 Å². The summed E-state index contributed by atoms with van der Waals surface area (Å²) in [5.74, 6) is -0.0572. The second-order valence-corrected chi connectivity index (χ2v) is 9.24. The van der Waals surface area contributed by atoms with E-state index in [0.717, 1.165) is 77.2 Å². The van der Waals surface area contributed by atoms with Crippen LogP contribution in [0.1, 0.15) is 51.4 Å². The molecule has 4 rings (SSSR count). The Labute approximate surface area is 215 Å². The third-order valence-electron chi connectivity index (χ3n) is 6.99. The third kappa shape index (κ3) is 8.47. The topological polar surface area (TPSA) is 78.0 Å². The van der Waals surface area contributed by atoms with Gasteiger partial charge >= 0.3 is 12.0 Å². The van der Waals surface area contributed by atoms with E-state index in [1.54, 1.807) is 12.4 Å². The van der Waals surface area contributed by atoms with Crippen LogP contribution in [0.15, 0.2) is 24.5 Å². The lowest BCUT2D eigenvalue weighted by Gasteiger charge is -2.38. The van der Waals surface area contributed by atoms with Gasteiger partial charge in [0.1, 0.15) is 6.10 Å². The summed E-state index contributed by atoms with van der Waals surface area (Å²) in [6.07, 6.45) is 11.8. The van der Waals surface area contributed by atoms with Crippen LogP contribution in [0.2, 0.25) is 0 Å². The van der Waals surface area contributed by atoms with E-state index in [1.165, 1.54) is 19.3 Å². The maximum atomic E-state index is 12.7. The number of likely N-dealkylation sites (tertiary alicyclic amines) is 1. The molecular formula is C24H39Cl2N5O3. The van der Waals surface area contributed by atoms with Crippen molar-refractivity contribution in [3.63, 3.8) is 0 Å². The Morgan fingerprint density at radius 1 is 0.912 bits per heavy atom. The molecule has 3 heterocycles. The van der Waals surface area contributed by atoms with Gasteiger partial charge < -0.3 is 24.8 Å². The molecule has 3 fully saturated rings. The van der Waals surface area contributed by atoms with Gasteiger partial charge in [0.05, 0.1) is 6.42 Å². The molecule has 0 atom stereocenters. The monoisotopic (exact) mass is 515 g/mol. The number of piperazine rings is 1. The zero-order valence-electron chi connectivity index (χ0n) is 19.9. The second kappa shape index (κ2) is 14.6. The van der Waals surface area contributed by atoms with Gasteiger partial charge in [-0.2, -0.15) is 0 Å². The lowest BCUT2D eigenvalue weighted by atomic mass is 9.98. The molecule has 0 unspecified atom stereocenters. The molecular weight excluding hydrogens is 477 g/mol. The summed E-state index contributed by atoms with van der Waals surface area (Å²) in [5.41, 5.74) is 1.16. The third-order valence-corrected chi connectivity index (χ3v) is 6.99. The number of nitrogens with zero attached hydrogens (tertiary/aromatic N) is 4. The molecule has 0 spiro atoms. The molecule has 1 saturated carbocycles. The number of ether oxygens (including phenoxy) is 1. The zero-order chi connectivity index (χ0) is 22.2. The highest BCUT2D eigenvalue weighted by molar-refractivity contribution is 5.85. The van der Waals surface area contributed by atoms with Crippen LogP contribution >= 0.6 is 24.8 Å². The highest BCUT2D eigenvalue weighted by Crippen LogP contribution is 2.21. The van der Waals surface area contributed by atoms with Gasteiger partial charge in [-0.05, 0) is 50.7 Å². The second-order valence-electron chi connectivity index (χ2n) is 9.24. The number of piperidine rings is 1. The predicted octanol–water partition coefficient (Wildman–Crippen LogP) is 3.49. The van der Waals surface area contributed by atoms with Crippen molar-refractivity contribution in [2.24, 2.45) is 0 Å². The Morgan fingerprint density at radius 3 is 2.21 bits per heavy atom. The van der Waals surface area contributed by atoms with E-state index in [-0.39, 0.29) is 49.0 Å². The van der Waals surface area contributed by atoms with Gasteiger partial charge in [-0.1, -0.05) is 6.42 Å². The van der Waals surface area contributed by atoms with Gasteiger partial charge in [-0.25, -0.2) is 4.79 Å². The first-order valence-electron chi connectivity index (χ1n) is 12.3. The summed E-state index contributed by atoms with van der Waals surface area (Å²) >= 11 is 0. The number of halogens is 2. The number of pyridine rings is 1. The summed E-state index contributed by atoms with van der Waals surface area (Å²) < 4.78 is 5.62. The first kappa shape index (κ1) is 28.5. The largest absolute Gasteiger partial charge is 0.462 e. The average molecular weight is 517 g/mol. The van der Waals surface area contributed by atoms with Crippen molar-refractivity contribution in [2.75, 3.05) is 50.7 Å². The molecule has 192 valence electrons. The summed E-state index contributed by atoms with van der Waals surface area (Å²) in [7, 11) is 0. The number of nitrogens with one attached hydrogen (secondary N) is 1. The van der Waals surface area contributed by atoms with Gasteiger partial charge in [0.15, 0.2) is 0 Å². The first-order valence-corrected chi connectivity index (χ1v) is 12.3. The van der Waals surface area contributed by atoms with Crippen LogP contribution in [-0.2, 0) is 9.53 Å². The molecule has 1 aromatic heterocycles. The smallest absolute Gasteiger partial charge is 0.317 e. The number of amides is 2. The molecule has 2 saturated heterocycles. The predicted molar refractivity (Wildman–Crippen MR) is 138 cm³/mol. The minimum atomic E-state index is -0.0572. The van der Waals surface area contributed by atoms with Crippen molar-refractivity contribution >= 4 is 42.5 Å². The summed E-state index contributed by atoms with van der Waals surface area (Å²) in [4.78, 5) is 35.4. The number of rotatable bonds is 6. The van der Waals surface area contributed by atoms with Crippen molar-refractivity contribution in [1.82, 2.24) is 20.1 Å². The lowest BCUT2D eigenvalue weighted by molar-refractivity contribution is -0.150. The fourth-order valence-corrected chi connectivity index (χ4v) is 4.97. The number of anilines is 1. The standard InChI is InChI=1S/C24H37N5O3.2ClH/c30-23(32-22-4-2-1-3-5-22)10-15-27-13-8-20(9-14-27)26-24(31)29-18-16-28(17-19-29)21-6-11-25-12-7-21;;/h6-7,11-12,20,22H,1-5,8-10,13-19H2,(H,26,31);2*1H. The maximum Gasteiger partial charge on any atom is 0.317 e. The fourth-order valence-electron chi connectivity index (χ4n) is 4.97. The Kier molecular flexibility index (Phi) is 12.2. The number of carbonyl (C=O) groups excluding carboxylic acids is 2. The van der Waals surface area contributed by atoms with Crippen LogP contribution in [0.5, 0.6) is 0 Å². The molecule has 8 nitrogen and oxygen atoms in total. The number of hydrogen-bond donors (Lipinski definition) is 1. The minimum absolute atomic E-state index is 0. The van der Waals surface area contributed by atoms with Gasteiger partial charge in [0.25, 0.3) is 0 Å². The number of aromatic nitrogens is 1. The molecule has 1 N–H and O–H groups in total. The highest BCUT2D eigenvalue weighted by atomic mass is 35.5. The van der Waals surface area contributed by atoms with Crippen LogP contribution in [0, 0.1) is 0 Å². The quantitative estimate of drug-likeness (QED) is 0.584. The van der Waals surface area contributed by atoms with Crippen molar-refractivity contribution in [1.29, 1.82) is 0 Å². The summed E-state index contributed by atoms with van der Waals surface area (Å²) in [6.45, 7) is 5.73. The number of esters is 1. The molecule has 1 aliphatic carbocycles. The highest BCUT2D eigenvalue weighted by Gasteiger charge is 2.26. The van der Waals surface area contributed by atoms with Crippen LogP contribution in [0.25, 0.3) is 0 Å². The Bertz CT molecular complexity index is 735. The van der Waals surface area contributed by atoms with Crippen molar-refractivity contribution < 1.29 is 14.3 Å². The number of urea groups is 1. The van der Waals surface area contributed by atoms with E-state index < -0.39 is 0 Å². The van der Waals surface area contributed by atoms with Crippen LogP contribution < -0.4 is 10.2 Å². The fraction of sp³-hybridized carbons (Fsp3) is 0.708. The van der Waals surface area contributed by atoms with Gasteiger partial charge in [-0.15, -0.1) is 24.8 Å². The van der Waals surface area contributed by atoms with E-state index >= 15 is 0 Å². The summed E-state index contributed by atoms with van der Waals surface area (Å²) in [6, 6.07) is 4.29. The first-order chi connectivity index (χ1) is 15.7. The SMILES string of the molecule is Cl.Cl.O=C(CCN1CCC(NC(=O)N2CCN(c3ccncc3)CC2)CC1)OC1CCCCC1. The lowest BCUT2D eigenvalue weighted by Crippen LogP contribution is -2.55. The maximum absolute atomic E-state index is 12.7. The van der Waals surface area contributed by atoms with Crippen LogP contribution in [0.4, 0.5) is 10.5 Å². The molecule has 0 bridgehead atoms. The molecule has 10 heteroatoms. The molecule has 2 amide bonds. The van der Waals surface area contributed by atoms with Crippen molar-refractivity contribution in [2.45, 2.75) is 63.5 Å². The van der Waals surface area contributed by atoms with E-state index in [0.29, 0.717) is 6.42 Å². The number of carbonyl (C=O) groups is 2. The van der Waals surface area contributed by atoms with Gasteiger partial charge in [-0.3, -0.25) is 9.78 Å². The Morgan fingerprint density at radius 2 is 1.56 bits per heavy atom. The van der Waals surface area contributed by atoms with Gasteiger partial charge in [0, 0.05) is 69.9 Å². The van der Waals surface area contributed by atoms with Crippen molar-refractivity contribution in [3.05, 3.63) is 24.5 Å². The van der Waals surface area contributed by atoms with Crippen molar-refractivity contribution in [3.8, 4) is 0 Å². The zero-order valence-corrected chi connectivity index (χ0v) is 21.5. The van der Waals surface area contributed by atoms with E-state index in [1.807, 2.05) is 17.0 Å². The molecule has 1 aromatic rings. The molecule has 3 aliphatic rings. The van der Waals surface area contributed by atoms with Gasteiger partial charge in [0.2, 0.25) is 0 Å². The summed E-state index contributed by atoms with van der Waals surface area (Å²) in [5, 5.41) is 3.22. The molecule has 2 aliphatic heterocycles. The molecule has 0 aromatic carbocycles. The van der Waals surface area contributed by atoms with Crippen LogP contribution in [-0.4, -0.2) is 84.7 Å². The Balaban J connectivity index is 0.00000204.